The van der Waals surface area contributed by atoms with Crippen LogP contribution in [-0.2, 0) is 0 Å². The summed E-state index contributed by atoms with van der Waals surface area (Å²) in [5.41, 5.74) is 0.858. The molecule has 0 N–H and O–H groups in total. The molecule has 0 atom stereocenters. The minimum atomic E-state index is 0.858. The van der Waals surface area contributed by atoms with Gasteiger partial charge in [0.1, 0.15) is 6.33 Å². The van der Waals surface area contributed by atoms with Crippen LogP contribution in [0.1, 0.15) is 0 Å². The molecule has 82 valence electrons. The van der Waals surface area contributed by atoms with Crippen LogP contribution in [0.5, 0.6) is 0 Å². The smallest absolute Gasteiger partial charge is 0.118 e. The van der Waals surface area contributed by atoms with E-state index >= 15 is 0 Å². The Morgan fingerprint density at radius 1 is 1.00 bits per heavy atom. The third-order valence-electron chi connectivity index (χ3n) is 2.51. The summed E-state index contributed by atoms with van der Waals surface area (Å²) in [5.74, 6) is 0. The van der Waals surface area contributed by atoms with Crippen molar-refractivity contribution in [2.45, 2.75) is 0 Å². The molecule has 0 aliphatic rings. The summed E-state index contributed by atoms with van der Waals surface area (Å²) >= 11 is 0. The Bertz CT molecular complexity index is 651. The zero-order valence-corrected chi connectivity index (χ0v) is 9.06. The fourth-order valence-electron chi connectivity index (χ4n) is 1.70. The molecule has 3 rings (SSSR count). The Labute approximate surface area is 98.2 Å². The molecule has 0 saturated carbocycles. The van der Waals surface area contributed by atoms with Crippen molar-refractivity contribution in [1.82, 2.24) is 9.66 Å². The van der Waals surface area contributed by atoms with Gasteiger partial charge in [0.25, 0.3) is 0 Å². The summed E-state index contributed by atoms with van der Waals surface area (Å²) in [7, 11) is 0. The van der Waals surface area contributed by atoms with Gasteiger partial charge in [0, 0.05) is 11.6 Å². The molecule has 0 aliphatic heterocycles. The van der Waals surface area contributed by atoms with Gasteiger partial charge in [-0.25, -0.2) is 9.66 Å². The van der Waals surface area contributed by atoms with Gasteiger partial charge in [-0.2, -0.15) is 0 Å². The predicted octanol–water partition coefficient (Wildman–Crippen LogP) is 3.58. The molecule has 0 amide bonds. The maximum atomic E-state index is 4.22. The van der Waals surface area contributed by atoms with Gasteiger partial charge < -0.3 is 0 Å². The third-order valence-corrected chi connectivity index (χ3v) is 2.51. The second-order valence-corrected chi connectivity index (χ2v) is 3.63. The van der Waals surface area contributed by atoms with Gasteiger partial charge in [0.15, 0.2) is 0 Å². The molecule has 0 saturated heterocycles. The van der Waals surface area contributed by atoms with Gasteiger partial charge in [-0.15, -0.1) is 5.11 Å². The minimum absolute atomic E-state index is 0.858. The van der Waals surface area contributed by atoms with Crippen molar-refractivity contribution in [1.29, 1.82) is 0 Å². The van der Waals surface area contributed by atoms with Crippen molar-refractivity contribution in [2.24, 2.45) is 10.3 Å². The van der Waals surface area contributed by atoms with Gasteiger partial charge >= 0.3 is 0 Å². The van der Waals surface area contributed by atoms with Gasteiger partial charge in [0.2, 0.25) is 0 Å². The largest absolute Gasteiger partial charge is 0.243 e. The molecule has 1 aromatic heterocycles. The molecule has 2 aromatic carbocycles. The number of fused-ring (bicyclic) bond motifs is 1. The van der Waals surface area contributed by atoms with Crippen LogP contribution >= 0.6 is 0 Å². The van der Waals surface area contributed by atoms with Gasteiger partial charge in [0.05, 0.1) is 11.9 Å². The highest BCUT2D eigenvalue weighted by Gasteiger charge is 1.97. The second kappa shape index (κ2) is 4.17. The molecule has 17 heavy (non-hydrogen) atoms. The van der Waals surface area contributed by atoms with Crippen LogP contribution in [0, 0.1) is 0 Å². The van der Waals surface area contributed by atoms with Gasteiger partial charge in [-0.1, -0.05) is 41.6 Å². The fraction of sp³-hybridized carbons (Fsp3) is 0. The number of nitrogens with zero attached hydrogens (tertiary/aromatic N) is 4. The lowest BCUT2D eigenvalue weighted by molar-refractivity contribution is 0.803. The fourth-order valence-corrected chi connectivity index (χ4v) is 1.70. The van der Waals surface area contributed by atoms with Crippen molar-refractivity contribution in [3.63, 3.8) is 0 Å². The van der Waals surface area contributed by atoms with Crippen molar-refractivity contribution < 1.29 is 0 Å². The van der Waals surface area contributed by atoms with E-state index in [1.807, 2.05) is 30.3 Å². The molecule has 0 radical (unpaired) electrons. The predicted molar refractivity (Wildman–Crippen MR) is 66.1 cm³/mol. The topological polar surface area (TPSA) is 42.5 Å². The van der Waals surface area contributed by atoms with Gasteiger partial charge in [-0.05, 0) is 11.5 Å². The van der Waals surface area contributed by atoms with Gasteiger partial charge in [-0.3, -0.25) is 0 Å². The Balaban J connectivity index is 2.06. The van der Waals surface area contributed by atoms with Crippen LogP contribution in [0.4, 0.5) is 5.69 Å². The summed E-state index contributed by atoms with van der Waals surface area (Å²) in [6, 6.07) is 14.1. The van der Waals surface area contributed by atoms with E-state index in [2.05, 4.69) is 27.5 Å². The van der Waals surface area contributed by atoms with E-state index < -0.39 is 0 Å². The van der Waals surface area contributed by atoms with Crippen molar-refractivity contribution in [2.75, 3.05) is 0 Å². The van der Waals surface area contributed by atoms with E-state index in [0.717, 1.165) is 16.5 Å². The lowest BCUT2D eigenvalue weighted by Gasteiger charge is -1.99. The number of hydrogen-bond acceptors (Lipinski definition) is 3. The van der Waals surface area contributed by atoms with E-state index in [0.29, 0.717) is 0 Å². The Morgan fingerprint density at radius 2 is 1.88 bits per heavy atom. The first-order valence-electron chi connectivity index (χ1n) is 5.31. The number of aromatic nitrogens is 2. The maximum Gasteiger partial charge on any atom is 0.118 e. The summed E-state index contributed by atoms with van der Waals surface area (Å²) in [6.07, 6.45) is 5.02. The molecular formula is C13H10N4. The summed E-state index contributed by atoms with van der Waals surface area (Å²) in [6.45, 7) is 0. The summed E-state index contributed by atoms with van der Waals surface area (Å²) < 4.78 is 1.57. The van der Waals surface area contributed by atoms with Crippen LogP contribution in [-0.4, -0.2) is 9.66 Å². The number of rotatable bonds is 2. The highest BCUT2D eigenvalue weighted by molar-refractivity contribution is 5.92. The normalized spacial score (nSPS) is 11.3. The van der Waals surface area contributed by atoms with Crippen LogP contribution in [0.2, 0.25) is 0 Å². The first-order valence-corrected chi connectivity index (χ1v) is 5.31. The molecule has 0 aliphatic carbocycles. The average Bonchev–Trinajstić information content (AvgIpc) is 2.89. The van der Waals surface area contributed by atoms with Crippen molar-refractivity contribution in [3.8, 4) is 0 Å². The average molecular weight is 222 g/mol. The maximum absolute atomic E-state index is 4.22. The van der Waals surface area contributed by atoms with E-state index in [1.54, 1.807) is 23.4 Å². The van der Waals surface area contributed by atoms with Crippen LogP contribution in [0.15, 0.2) is 71.5 Å². The van der Waals surface area contributed by atoms with Crippen molar-refractivity contribution in [3.05, 3.63) is 61.2 Å². The highest BCUT2D eigenvalue weighted by atomic mass is 15.5. The minimum Gasteiger partial charge on any atom is -0.243 e. The summed E-state index contributed by atoms with van der Waals surface area (Å²) in [4.78, 5) is 3.91. The Kier molecular flexibility index (Phi) is 2.38. The van der Waals surface area contributed by atoms with Crippen LogP contribution in [0.25, 0.3) is 10.8 Å². The second-order valence-electron chi connectivity index (χ2n) is 3.63. The SMILES string of the molecule is c1ccc2c(N=Nn3ccnc3)cccc2c1. The quantitative estimate of drug-likeness (QED) is 0.611. The zero-order valence-electron chi connectivity index (χ0n) is 9.06. The van der Waals surface area contributed by atoms with Crippen molar-refractivity contribution >= 4 is 16.5 Å². The van der Waals surface area contributed by atoms with E-state index in [4.69, 9.17) is 0 Å². The number of benzene rings is 2. The van der Waals surface area contributed by atoms with E-state index in [-0.39, 0.29) is 0 Å². The molecule has 4 heteroatoms. The standard InChI is InChI=1S/C13H10N4/c1-2-6-12-11(4-1)5-3-7-13(12)15-16-17-9-8-14-10-17/h1-10H. The Morgan fingerprint density at radius 3 is 2.76 bits per heavy atom. The first kappa shape index (κ1) is 9.72. The lowest BCUT2D eigenvalue weighted by Crippen LogP contribution is -1.79. The van der Waals surface area contributed by atoms with E-state index in [1.165, 1.54) is 0 Å². The molecule has 0 spiro atoms. The number of hydrogen-bond donors (Lipinski definition) is 0. The lowest BCUT2D eigenvalue weighted by atomic mass is 10.1. The monoisotopic (exact) mass is 222 g/mol. The molecular weight excluding hydrogens is 212 g/mol. The highest BCUT2D eigenvalue weighted by Crippen LogP contribution is 2.25. The molecule has 3 aromatic rings. The molecule has 1 heterocycles. The molecule has 0 bridgehead atoms. The van der Waals surface area contributed by atoms with Crippen LogP contribution in [0.3, 0.4) is 0 Å². The van der Waals surface area contributed by atoms with Crippen LogP contribution < -0.4 is 0 Å². The first-order chi connectivity index (χ1) is 8.43. The number of imidazole rings is 1. The zero-order chi connectivity index (χ0) is 11.5. The summed E-state index contributed by atoms with van der Waals surface area (Å²) in [5, 5.41) is 10.5. The Hall–Kier alpha value is -2.49. The molecule has 0 fully saturated rings. The molecule has 4 nitrogen and oxygen atoms in total. The van der Waals surface area contributed by atoms with E-state index in [9.17, 15) is 0 Å². The third kappa shape index (κ3) is 1.92. The molecule has 0 unspecified atom stereocenters.